The number of Topliss-reactive ketones (excluding diaryl/α,β-unsaturated/α-hetero) is 1. The Hall–Kier alpha value is -1.91. The van der Waals surface area contributed by atoms with Crippen LogP contribution in [-0.2, 0) is 4.79 Å². The van der Waals surface area contributed by atoms with Gasteiger partial charge in [0, 0.05) is 19.2 Å². The highest BCUT2D eigenvalue weighted by Gasteiger charge is 2.36. The molecule has 1 aromatic carbocycles. The average molecular weight is 250 g/mol. The van der Waals surface area contributed by atoms with Gasteiger partial charge < -0.3 is 9.80 Å². The first-order chi connectivity index (χ1) is 8.50. The third kappa shape index (κ3) is 2.20. The van der Waals surface area contributed by atoms with Gasteiger partial charge in [0.15, 0.2) is 0 Å². The summed E-state index contributed by atoms with van der Waals surface area (Å²) in [6, 6.07) is 5.83. The topological polar surface area (TPSA) is 40.6 Å². The number of nitrogens with zero attached hydrogens (tertiary/aromatic N) is 2. The maximum absolute atomic E-state index is 13.7. The first kappa shape index (κ1) is 12.5. The summed E-state index contributed by atoms with van der Waals surface area (Å²) in [4.78, 5) is 25.9. The van der Waals surface area contributed by atoms with Crippen molar-refractivity contribution in [3.63, 3.8) is 0 Å². The molecule has 1 aliphatic rings. The number of benzene rings is 1. The van der Waals surface area contributed by atoms with Crippen molar-refractivity contribution in [2.75, 3.05) is 20.1 Å². The SMILES string of the molecule is CC(=O)CN1CC(c2ccccc2F)N(C)C1=O. The van der Waals surface area contributed by atoms with Crippen LogP contribution in [0.25, 0.3) is 0 Å². The minimum atomic E-state index is -0.335. The Bertz CT molecular complexity index is 490. The number of carbonyl (C=O) groups excluding carboxylic acids is 2. The molecule has 1 unspecified atom stereocenters. The zero-order valence-electron chi connectivity index (χ0n) is 10.4. The van der Waals surface area contributed by atoms with E-state index in [2.05, 4.69) is 0 Å². The van der Waals surface area contributed by atoms with E-state index in [4.69, 9.17) is 0 Å². The first-order valence-corrected chi connectivity index (χ1v) is 5.76. The van der Waals surface area contributed by atoms with Crippen molar-refractivity contribution >= 4 is 11.8 Å². The van der Waals surface area contributed by atoms with Gasteiger partial charge in [0.1, 0.15) is 11.6 Å². The normalized spacial score (nSPS) is 19.5. The lowest BCUT2D eigenvalue weighted by Crippen LogP contribution is -2.33. The van der Waals surface area contributed by atoms with Crippen molar-refractivity contribution in [2.45, 2.75) is 13.0 Å². The van der Waals surface area contributed by atoms with E-state index in [1.165, 1.54) is 22.8 Å². The highest BCUT2D eigenvalue weighted by molar-refractivity contribution is 5.85. The number of carbonyl (C=O) groups is 2. The van der Waals surface area contributed by atoms with Gasteiger partial charge in [-0.05, 0) is 13.0 Å². The molecule has 1 fully saturated rings. The predicted molar refractivity (Wildman–Crippen MR) is 64.6 cm³/mol. The molecule has 1 heterocycles. The number of urea groups is 1. The van der Waals surface area contributed by atoms with Crippen molar-refractivity contribution in [3.8, 4) is 0 Å². The third-order valence-electron chi connectivity index (χ3n) is 3.11. The molecule has 96 valence electrons. The quantitative estimate of drug-likeness (QED) is 0.821. The van der Waals surface area contributed by atoms with Gasteiger partial charge in [-0.3, -0.25) is 4.79 Å². The van der Waals surface area contributed by atoms with Crippen molar-refractivity contribution in [1.29, 1.82) is 0 Å². The highest BCUT2D eigenvalue weighted by atomic mass is 19.1. The number of amides is 2. The summed E-state index contributed by atoms with van der Waals surface area (Å²) in [7, 11) is 1.62. The highest BCUT2D eigenvalue weighted by Crippen LogP contribution is 2.29. The summed E-state index contributed by atoms with van der Waals surface area (Å²) in [5.74, 6) is -0.405. The van der Waals surface area contributed by atoms with Crippen molar-refractivity contribution in [3.05, 3.63) is 35.6 Å². The van der Waals surface area contributed by atoms with Gasteiger partial charge in [-0.15, -0.1) is 0 Å². The zero-order chi connectivity index (χ0) is 13.3. The van der Waals surface area contributed by atoms with Gasteiger partial charge in [-0.25, -0.2) is 9.18 Å². The summed E-state index contributed by atoms with van der Waals surface area (Å²) in [5, 5.41) is 0. The van der Waals surface area contributed by atoms with E-state index < -0.39 is 0 Å². The van der Waals surface area contributed by atoms with Crippen LogP contribution in [0.3, 0.4) is 0 Å². The molecular formula is C13H15FN2O2. The molecule has 5 heteroatoms. The van der Waals surface area contributed by atoms with E-state index in [0.29, 0.717) is 12.1 Å². The molecule has 1 aromatic rings. The molecule has 1 atom stereocenters. The fourth-order valence-electron chi connectivity index (χ4n) is 2.22. The molecule has 18 heavy (non-hydrogen) atoms. The lowest BCUT2D eigenvalue weighted by molar-refractivity contribution is -0.117. The monoisotopic (exact) mass is 250 g/mol. The van der Waals surface area contributed by atoms with Gasteiger partial charge >= 0.3 is 6.03 Å². The van der Waals surface area contributed by atoms with Gasteiger partial charge in [0.05, 0.1) is 12.6 Å². The molecule has 0 aromatic heterocycles. The Kier molecular flexibility index (Phi) is 3.32. The Morgan fingerprint density at radius 1 is 1.44 bits per heavy atom. The maximum atomic E-state index is 13.7. The summed E-state index contributed by atoms with van der Waals surface area (Å²) < 4.78 is 13.7. The number of hydrogen-bond donors (Lipinski definition) is 0. The van der Waals surface area contributed by atoms with E-state index in [1.807, 2.05) is 0 Å². The number of ketones is 1. The fourth-order valence-corrected chi connectivity index (χ4v) is 2.22. The van der Waals surface area contributed by atoms with Crippen molar-refractivity contribution < 1.29 is 14.0 Å². The van der Waals surface area contributed by atoms with E-state index in [9.17, 15) is 14.0 Å². The molecule has 0 radical (unpaired) electrons. The van der Waals surface area contributed by atoms with Crippen LogP contribution in [0.1, 0.15) is 18.5 Å². The van der Waals surface area contributed by atoms with Crippen LogP contribution >= 0.6 is 0 Å². The maximum Gasteiger partial charge on any atom is 0.320 e. The minimum absolute atomic E-state index is 0.0775. The Labute approximate surface area is 105 Å². The van der Waals surface area contributed by atoms with Crippen LogP contribution in [0.15, 0.2) is 24.3 Å². The van der Waals surface area contributed by atoms with Crippen molar-refractivity contribution in [1.82, 2.24) is 9.80 Å². The second kappa shape index (κ2) is 4.76. The van der Waals surface area contributed by atoms with Crippen LogP contribution in [0.5, 0.6) is 0 Å². The molecule has 0 N–H and O–H groups in total. The zero-order valence-corrected chi connectivity index (χ0v) is 10.4. The van der Waals surface area contributed by atoms with E-state index in [-0.39, 0.29) is 30.2 Å². The van der Waals surface area contributed by atoms with Crippen molar-refractivity contribution in [2.24, 2.45) is 0 Å². The van der Waals surface area contributed by atoms with Crippen LogP contribution < -0.4 is 0 Å². The molecule has 0 saturated carbocycles. The molecule has 4 nitrogen and oxygen atoms in total. The Balaban J connectivity index is 2.24. The molecule has 1 saturated heterocycles. The largest absolute Gasteiger partial charge is 0.320 e. The Morgan fingerprint density at radius 2 is 2.11 bits per heavy atom. The van der Waals surface area contributed by atoms with Crippen LogP contribution in [-0.4, -0.2) is 41.8 Å². The van der Waals surface area contributed by atoms with E-state index in [1.54, 1.807) is 25.2 Å². The number of hydrogen-bond acceptors (Lipinski definition) is 2. The lowest BCUT2D eigenvalue weighted by atomic mass is 10.1. The first-order valence-electron chi connectivity index (χ1n) is 5.76. The molecule has 0 bridgehead atoms. The van der Waals surface area contributed by atoms with Gasteiger partial charge in [-0.1, -0.05) is 18.2 Å². The molecule has 0 spiro atoms. The number of halogens is 1. The molecule has 2 amide bonds. The van der Waals surface area contributed by atoms with E-state index >= 15 is 0 Å². The predicted octanol–water partition coefficient (Wildman–Crippen LogP) is 1.82. The second-order valence-electron chi connectivity index (χ2n) is 4.51. The molecular weight excluding hydrogens is 235 g/mol. The van der Waals surface area contributed by atoms with Gasteiger partial charge in [-0.2, -0.15) is 0 Å². The lowest BCUT2D eigenvalue weighted by Gasteiger charge is -2.18. The summed E-state index contributed by atoms with van der Waals surface area (Å²) in [6.45, 7) is 1.85. The van der Waals surface area contributed by atoms with Gasteiger partial charge in [0.25, 0.3) is 0 Å². The smallest absolute Gasteiger partial charge is 0.319 e. The summed E-state index contributed by atoms with van der Waals surface area (Å²) >= 11 is 0. The Morgan fingerprint density at radius 3 is 2.72 bits per heavy atom. The standard InChI is InChI=1S/C13H15FN2O2/c1-9(17)7-16-8-12(15(2)13(16)18)10-5-3-4-6-11(10)14/h3-6,12H,7-8H2,1-2H3. The molecule has 1 aliphatic heterocycles. The fraction of sp³-hybridized carbons (Fsp3) is 0.385. The summed E-state index contributed by atoms with van der Waals surface area (Å²) in [5.41, 5.74) is 0.486. The van der Waals surface area contributed by atoms with Gasteiger partial charge in [0.2, 0.25) is 0 Å². The average Bonchev–Trinajstić information content (AvgIpc) is 2.58. The second-order valence-corrected chi connectivity index (χ2v) is 4.51. The minimum Gasteiger partial charge on any atom is -0.319 e. The third-order valence-corrected chi connectivity index (χ3v) is 3.11. The van der Waals surface area contributed by atoms with Crippen LogP contribution in [0.4, 0.5) is 9.18 Å². The number of likely N-dealkylation sites (N-methyl/N-ethyl adjacent to an activating group) is 1. The summed E-state index contributed by atoms with van der Waals surface area (Å²) in [6.07, 6.45) is 0. The number of rotatable bonds is 3. The van der Waals surface area contributed by atoms with Crippen LogP contribution in [0.2, 0.25) is 0 Å². The van der Waals surface area contributed by atoms with E-state index in [0.717, 1.165) is 0 Å². The molecule has 0 aliphatic carbocycles. The molecule has 2 rings (SSSR count). The van der Waals surface area contributed by atoms with Crippen LogP contribution in [0, 0.1) is 5.82 Å².